The topological polar surface area (TPSA) is 123 Å². The summed E-state index contributed by atoms with van der Waals surface area (Å²) in [5, 5.41) is 5.62. The molecule has 0 saturated carbocycles. The Labute approximate surface area is 176 Å². The molecule has 2 aliphatic heterocycles. The molecule has 1 aromatic carbocycles. The van der Waals surface area contributed by atoms with Gasteiger partial charge in [0.05, 0.1) is 19.8 Å². The molecular weight excluding hydrogens is 388 g/mol. The summed E-state index contributed by atoms with van der Waals surface area (Å²) in [7, 11) is 0. The van der Waals surface area contributed by atoms with E-state index in [1.165, 1.54) is 0 Å². The molecule has 0 aromatic heterocycles. The second-order valence-electron chi connectivity index (χ2n) is 7.44. The summed E-state index contributed by atoms with van der Waals surface area (Å²) in [5.41, 5.74) is 7.93. The molecule has 1 saturated heterocycles. The third-order valence-corrected chi connectivity index (χ3v) is 5.21. The fourth-order valence-corrected chi connectivity index (χ4v) is 3.60. The summed E-state index contributed by atoms with van der Waals surface area (Å²) < 4.78 is 10.9. The molecular formula is C21H30N4O5. The number of hydrogen-bond acceptors (Lipinski definition) is 7. The second-order valence-corrected chi connectivity index (χ2v) is 7.44. The smallest absolute Gasteiger partial charge is 0.255 e. The molecule has 3 rings (SSSR count). The predicted molar refractivity (Wildman–Crippen MR) is 110 cm³/mol. The van der Waals surface area contributed by atoms with Crippen molar-refractivity contribution in [2.24, 2.45) is 5.73 Å². The Bertz CT molecular complexity index is 770. The molecule has 0 radical (unpaired) electrons. The van der Waals surface area contributed by atoms with E-state index in [0.29, 0.717) is 64.6 Å². The van der Waals surface area contributed by atoms with Crippen LogP contribution in [0.5, 0.6) is 0 Å². The monoisotopic (exact) mass is 418 g/mol. The maximum atomic E-state index is 12.8. The Morgan fingerprint density at radius 2 is 1.93 bits per heavy atom. The largest absolute Gasteiger partial charge is 0.379 e. The van der Waals surface area contributed by atoms with Crippen LogP contribution in [0.25, 0.3) is 0 Å². The molecule has 1 atom stereocenters. The van der Waals surface area contributed by atoms with Crippen LogP contribution in [0, 0.1) is 0 Å². The Balaban J connectivity index is 1.40. The molecule has 2 aliphatic rings. The van der Waals surface area contributed by atoms with Crippen LogP contribution >= 0.6 is 0 Å². The van der Waals surface area contributed by atoms with Gasteiger partial charge in [0, 0.05) is 38.2 Å². The fraction of sp³-hybridized carbons (Fsp3) is 0.571. The van der Waals surface area contributed by atoms with Crippen molar-refractivity contribution in [2.75, 3.05) is 39.5 Å². The number of carbonyl (C=O) groups is 3. The summed E-state index contributed by atoms with van der Waals surface area (Å²) in [6.45, 7) is 4.70. The molecule has 0 bridgehead atoms. The molecule has 4 N–H and O–H groups in total. The van der Waals surface area contributed by atoms with E-state index in [1.54, 1.807) is 4.90 Å². The van der Waals surface area contributed by atoms with Crippen LogP contribution < -0.4 is 16.4 Å². The van der Waals surface area contributed by atoms with Gasteiger partial charge in [-0.05, 0) is 36.6 Å². The van der Waals surface area contributed by atoms with Gasteiger partial charge in [0.1, 0.15) is 6.04 Å². The molecule has 9 nitrogen and oxygen atoms in total. The Morgan fingerprint density at radius 3 is 2.70 bits per heavy atom. The van der Waals surface area contributed by atoms with Gasteiger partial charge < -0.3 is 25.4 Å². The summed E-state index contributed by atoms with van der Waals surface area (Å²) >= 11 is 0. The molecule has 0 spiro atoms. The molecule has 1 fully saturated rings. The van der Waals surface area contributed by atoms with E-state index in [0.717, 1.165) is 17.5 Å². The minimum Gasteiger partial charge on any atom is -0.379 e. The van der Waals surface area contributed by atoms with Crippen molar-refractivity contribution in [2.45, 2.75) is 38.4 Å². The van der Waals surface area contributed by atoms with E-state index in [2.05, 4.69) is 10.6 Å². The zero-order valence-corrected chi connectivity index (χ0v) is 17.2. The zero-order chi connectivity index (χ0) is 21.3. The molecule has 3 amide bonds. The Kier molecular flexibility index (Phi) is 8.32. The lowest BCUT2D eigenvalue weighted by molar-refractivity contribution is -0.136. The molecule has 164 valence electrons. The fourth-order valence-electron chi connectivity index (χ4n) is 3.60. The van der Waals surface area contributed by atoms with E-state index in [1.807, 2.05) is 18.2 Å². The maximum Gasteiger partial charge on any atom is 0.255 e. The van der Waals surface area contributed by atoms with Crippen molar-refractivity contribution >= 4 is 17.7 Å². The first-order valence-electron chi connectivity index (χ1n) is 10.4. The number of ether oxygens (including phenoxy) is 2. The number of fused-ring (bicyclic) bond motifs is 1. The van der Waals surface area contributed by atoms with Gasteiger partial charge in [0.15, 0.2) is 0 Å². The van der Waals surface area contributed by atoms with Gasteiger partial charge in [-0.1, -0.05) is 12.1 Å². The van der Waals surface area contributed by atoms with E-state index >= 15 is 0 Å². The zero-order valence-electron chi connectivity index (χ0n) is 17.2. The first kappa shape index (κ1) is 22.4. The van der Waals surface area contributed by atoms with Crippen molar-refractivity contribution in [3.63, 3.8) is 0 Å². The highest BCUT2D eigenvalue weighted by molar-refractivity contribution is 6.05. The number of nitrogens with zero attached hydrogens (tertiary/aromatic N) is 1. The third-order valence-electron chi connectivity index (χ3n) is 5.21. The van der Waals surface area contributed by atoms with E-state index < -0.39 is 6.04 Å². The molecule has 0 aliphatic carbocycles. The quantitative estimate of drug-likeness (QED) is 0.320. The number of nitrogens with two attached hydrogens (primary N) is 1. The lowest BCUT2D eigenvalue weighted by Gasteiger charge is -2.29. The molecule has 30 heavy (non-hydrogen) atoms. The SMILES string of the molecule is NCCCOCCOCCNCc1ccc2c(c1)C(=O)N(C1CCC(=O)NC1=O)C2. The first-order valence-corrected chi connectivity index (χ1v) is 10.4. The number of carbonyl (C=O) groups excluding carboxylic acids is 3. The number of nitrogens with one attached hydrogen (secondary N) is 2. The molecule has 1 aromatic rings. The van der Waals surface area contributed by atoms with Gasteiger partial charge in [0.25, 0.3) is 5.91 Å². The van der Waals surface area contributed by atoms with Crippen molar-refractivity contribution in [1.29, 1.82) is 0 Å². The summed E-state index contributed by atoms with van der Waals surface area (Å²) in [5.74, 6) is -0.824. The molecule has 9 heteroatoms. The molecule has 1 unspecified atom stereocenters. The van der Waals surface area contributed by atoms with Gasteiger partial charge >= 0.3 is 0 Å². The highest BCUT2D eigenvalue weighted by atomic mass is 16.5. The summed E-state index contributed by atoms with van der Waals surface area (Å²) in [6.07, 6.45) is 1.49. The van der Waals surface area contributed by atoms with Gasteiger partial charge in [-0.3, -0.25) is 19.7 Å². The van der Waals surface area contributed by atoms with Crippen LogP contribution in [0.15, 0.2) is 18.2 Å². The Hall–Kier alpha value is -2.33. The van der Waals surface area contributed by atoms with Crippen molar-refractivity contribution in [1.82, 2.24) is 15.5 Å². The van der Waals surface area contributed by atoms with E-state index in [-0.39, 0.29) is 24.1 Å². The highest BCUT2D eigenvalue weighted by Crippen LogP contribution is 2.28. The van der Waals surface area contributed by atoms with Crippen LogP contribution in [0.3, 0.4) is 0 Å². The van der Waals surface area contributed by atoms with Crippen LogP contribution in [0.1, 0.15) is 40.7 Å². The number of piperidine rings is 1. The number of imide groups is 1. The third kappa shape index (κ3) is 5.85. The van der Waals surface area contributed by atoms with Crippen molar-refractivity contribution in [3.05, 3.63) is 34.9 Å². The van der Waals surface area contributed by atoms with Crippen LogP contribution in [0.4, 0.5) is 0 Å². The summed E-state index contributed by atoms with van der Waals surface area (Å²) in [6, 6.07) is 5.22. The normalized spacial score (nSPS) is 18.6. The lowest BCUT2D eigenvalue weighted by atomic mass is 10.0. The summed E-state index contributed by atoms with van der Waals surface area (Å²) in [4.78, 5) is 37.8. The number of rotatable bonds is 12. The van der Waals surface area contributed by atoms with Crippen molar-refractivity contribution < 1.29 is 23.9 Å². The number of amides is 3. The molecule has 2 heterocycles. The van der Waals surface area contributed by atoms with Gasteiger partial charge in [-0.2, -0.15) is 0 Å². The average Bonchev–Trinajstić information content (AvgIpc) is 3.05. The van der Waals surface area contributed by atoms with Crippen LogP contribution in [-0.2, 0) is 32.2 Å². The minimum atomic E-state index is -0.583. The van der Waals surface area contributed by atoms with E-state index in [4.69, 9.17) is 15.2 Å². The van der Waals surface area contributed by atoms with E-state index in [9.17, 15) is 14.4 Å². The first-order chi connectivity index (χ1) is 14.6. The Morgan fingerprint density at radius 1 is 1.13 bits per heavy atom. The van der Waals surface area contributed by atoms with Gasteiger partial charge in [0.2, 0.25) is 11.8 Å². The number of hydrogen-bond donors (Lipinski definition) is 3. The van der Waals surface area contributed by atoms with Gasteiger partial charge in [-0.15, -0.1) is 0 Å². The predicted octanol–water partition coefficient (Wildman–Crippen LogP) is -0.0808. The van der Waals surface area contributed by atoms with Crippen LogP contribution in [0.2, 0.25) is 0 Å². The maximum absolute atomic E-state index is 12.8. The minimum absolute atomic E-state index is 0.153. The number of benzene rings is 1. The lowest BCUT2D eigenvalue weighted by Crippen LogP contribution is -2.52. The second kappa shape index (κ2) is 11.2. The van der Waals surface area contributed by atoms with Crippen molar-refractivity contribution in [3.8, 4) is 0 Å². The highest BCUT2D eigenvalue weighted by Gasteiger charge is 2.38. The average molecular weight is 418 g/mol. The van der Waals surface area contributed by atoms with Gasteiger partial charge in [-0.25, -0.2) is 0 Å². The standard InChI is InChI=1S/C21H30N4O5/c22-6-1-8-29-10-11-30-9-7-23-13-15-2-3-16-14-25(21(28)17(16)12-15)18-4-5-19(26)24-20(18)27/h2-3,12,18,23H,1,4-11,13-14,22H2,(H,24,26,27). The van der Waals surface area contributed by atoms with Crippen LogP contribution in [-0.4, -0.2) is 68.2 Å².